The first-order valence-electron chi connectivity index (χ1n) is 9.37. The van der Waals surface area contributed by atoms with Crippen molar-refractivity contribution in [3.8, 4) is 11.1 Å². The number of ether oxygens (including phenoxy) is 1. The van der Waals surface area contributed by atoms with Crippen LogP contribution in [0.2, 0.25) is 0 Å². The summed E-state index contributed by atoms with van der Waals surface area (Å²) in [5, 5.41) is 5.12. The molecule has 0 aliphatic rings. The molecule has 1 unspecified atom stereocenters. The molecule has 0 aliphatic carbocycles. The maximum atomic E-state index is 11.9. The van der Waals surface area contributed by atoms with Gasteiger partial charge < -0.3 is 14.8 Å². The molecular weight excluding hydrogens is 434 g/mol. The average Bonchev–Trinajstić information content (AvgIpc) is 3.17. The van der Waals surface area contributed by atoms with Gasteiger partial charge >= 0.3 is 5.97 Å². The van der Waals surface area contributed by atoms with Gasteiger partial charge in [-0.15, -0.1) is 11.3 Å². The van der Waals surface area contributed by atoms with Crippen LogP contribution in [0.4, 0.5) is 17.3 Å². The number of aromatic nitrogens is 3. The molecule has 10 heteroatoms. The summed E-state index contributed by atoms with van der Waals surface area (Å²) in [6.45, 7) is 2.05. The molecule has 3 aromatic heterocycles. The summed E-state index contributed by atoms with van der Waals surface area (Å²) in [7, 11) is -1.15. The van der Waals surface area contributed by atoms with Crippen LogP contribution in [-0.4, -0.2) is 38.0 Å². The van der Waals surface area contributed by atoms with Crippen molar-refractivity contribution < 1.29 is 13.7 Å². The molecule has 3 heterocycles. The smallest absolute Gasteiger partial charge is 0.339 e. The maximum Gasteiger partial charge on any atom is 0.339 e. The minimum Gasteiger partial charge on any atom is -0.462 e. The first kappa shape index (κ1) is 20.9. The third kappa shape index (κ3) is 4.86. The molecule has 1 aromatic carbocycles. The Hall–Kier alpha value is -3.37. The molecule has 31 heavy (non-hydrogen) atoms. The van der Waals surface area contributed by atoms with E-state index in [1.54, 1.807) is 43.0 Å². The Morgan fingerprint density at radius 1 is 1.19 bits per heavy atom. The van der Waals surface area contributed by atoms with Crippen molar-refractivity contribution >= 4 is 55.8 Å². The highest BCUT2D eigenvalue weighted by molar-refractivity contribution is 7.85. The van der Waals surface area contributed by atoms with E-state index in [-0.39, 0.29) is 0 Å². The van der Waals surface area contributed by atoms with Gasteiger partial charge in [0.25, 0.3) is 0 Å². The zero-order chi connectivity index (χ0) is 21.8. The number of fused-ring (bicyclic) bond motifs is 1. The molecule has 2 N–H and O–H groups in total. The number of hydrogen-bond acceptors (Lipinski definition) is 8. The number of pyridine rings is 1. The number of carbonyl (C=O) groups is 1. The molecule has 0 amide bonds. The highest BCUT2D eigenvalue weighted by atomic mass is 32.2. The summed E-state index contributed by atoms with van der Waals surface area (Å²) in [6.07, 6.45) is 6.38. The number of carbonyl (C=O) groups excluding carboxylic acids is 1. The molecule has 1 atom stereocenters. The van der Waals surface area contributed by atoms with Crippen LogP contribution in [-0.2, 0) is 15.7 Å². The van der Waals surface area contributed by atoms with Crippen LogP contribution < -0.4 is 10.0 Å². The predicted molar refractivity (Wildman–Crippen MR) is 124 cm³/mol. The van der Waals surface area contributed by atoms with E-state index >= 15 is 0 Å². The van der Waals surface area contributed by atoms with Crippen molar-refractivity contribution in [2.24, 2.45) is 0 Å². The lowest BCUT2D eigenvalue weighted by atomic mass is 10.1. The molecule has 0 radical (unpaired) electrons. The van der Waals surface area contributed by atoms with Crippen molar-refractivity contribution in [2.45, 2.75) is 6.92 Å². The molecular formula is C21H19N5O3S2. The summed E-state index contributed by atoms with van der Waals surface area (Å²) in [6, 6.07) is 9.33. The van der Waals surface area contributed by atoms with Crippen LogP contribution in [0.1, 0.15) is 17.3 Å². The van der Waals surface area contributed by atoms with E-state index in [0.717, 1.165) is 27.0 Å². The van der Waals surface area contributed by atoms with Crippen molar-refractivity contribution in [3.63, 3.8) is 0 Å². The minimum absolute atomic E-state index is 0.294. The highest BCUT2D eigenvalue weighted by Gasteiger charge is 2.12. The number of thiophene rings is 1. The summed E-state index contributed by atoms with van der Waals surface area (Å²) in [5.74, 6) is -0.0458. The lowest BCUT2D eigenvalue weighted by Gasteiger charge is -2.08. The Morgan fingerprint density at radius 2 is 2.06 bits per heavy atom. The molecule has 8 nitrogen and oxygen atoms in total. The number of anilines is 3. The number of hydrogen-bond donors (Lipinski definition) is 2. The predicted octanol–water partition coefficient (Wildman–Crippen LogP) is 4.38. The van der Waals surface area contributed by atoms with Gasteiger partial charge in [-0.05, 0) is 30.7 Å². The maximum absolute atomic E-state index is 11.9. The molecule has 0 saturated carbocycles. The summed E-state index contributed by atoms with van der Waals surface area (Å²) < 4.78 is 20.4. The number of esters is 1. The molecule has 0 fully saturated rings. The molecule has 0 aliphatic heterocycles. The quantitative estimate of drug-likeness (QED) is 0.400. The standard InChI is InChI=1S/C21H19N5O3S2/c1-3-29-20(27)14-8-16(10-22-9-14)24-21-23-11-18-19(25-21)17(12-30-18)13-5-4-6-15(7-13)26-31(2)28/h4-12,26H,3H2,1-2H3,(H,23,24,25). The van der Waals surface area contributed by atoms with Crippen LogP contribution >= 0.6 is 11.3 Å². The van der Waals surface area contributed by atoms with Gasteiger partial charge in [-0.1, -0.05) is 12.1 Å². The monoisotopic (exact) mass is 453 g/mol. The molecule has 0 saturated heterocycles. The molecule has 4 rings (SSSR count). The fourth-order valence-corrected chi connectivity index (χ4v) is 4.31. The number of rotatable bonds is 7. The lowest BCUT2D eigenvalue weighted by Crippen LogP contribution is -2.06. The van der Waals surface area contributed by atoms with Crippen LogP contribution in [0.5, 0.6) is 0 Å². The number of nitrogens with zero attached hydrogens (tertiary/aromatic N) is 3. The van der Waals surface area contributed by atoms with Gasteiger partial charge in [0, 0.05) is 29.1 Å². The van der Waals surface area contributed by atoms with E-state index in [0.29, 0.717) is 23.8 Å². The third-order valence-corrected chi connectivity index (χ3v) is 5.68. The molecule has 4 aromatic rings. The van der Waals surface area contributed by atoms with E-state index in [1.165, 1.54) is 6.20 Å². The average molecular weight is 454 g/mol. The fraction of sp³-hybridized carbons (Fsp3) is 0.143. The van der Waals surface area contributed by atoms with E-state index in [2.05, 4.69) is 25.0 Å². The van der Waals surface area contributed by atoms with E-state index in [9.17, 15) is 9.00 Å². The Kier molecular flexibility index (Phi) is 6.19. The second-order valence-corrected chi connectivity index (χ2v) is 8.52. The van der Waals surface area contributed by atoms with Gasteiger partial charge in [0.05, 0.1) is 40.5 Å². The highest BCUT2D eigenvalue weighted by Crippen LogP contribution is 2.34. The van der Waals surface area contributed by atoms with Crippen LogP contribution in [0.25, 0.3) is 21.3 Å². The van der Waals surface area contributed by atoms with Gasteiger partial charge in [-0.25, -0.2) is 19.0 Å². The molecule has 158 valence electrons. The van der Waals surface area contributed by atoms with Crippen molar-refractivity contribution in [3.05, 3.63) is 59.9 Å². The van der Waals surface area contributed by atoms with E-state index < -0.39 is 17.0 Å². The summed E-state index contributed by atoms with van der Waals surface area (Å²) >= 11 is 1.55. The van der Waals surface area contributed by atoms with Gasteiger partial charge in [0.2, 0.25) is 5.95 Å². The van der Waals surface area contributed by atoms with Gasteiger partial charge in [-0.2, -0.15) is 0 Å². The Bertz CT molecular complexity index is 1270. The normalized spacial score (nSPS) is 11.8. The van der Waals surface area contributed by atoms with Crippen molar-refractivity contribution in [1.29, 1.82) is 0 Å². The fourth-order valence-electron chi connectivity index (χ4n) is 2.97. The van der Waals surface area contributed by atoms with Gasteiger partial charge in [0.15, 0.2) is 0 Å². The van der Waals surface area contributed by atoms with E-state index in [4.69, 9.17) is 4.74 Å². The van der Waals surface area contributed by atoms with Crippen LogP contribution in [0, 0.1) is 0 Å². The van der Waals surface area contributed by atoms with Crippen molar-refractivity contribution in [1.82, 2.24) is 15.0 Å². The van der Waals surface area contributed by atoms with Crippen LogP contribution in [0.15, 0.2) is 54.3 Å². The largest absolute Gasteiger partial charge is 0.462 e. The van der Waals surface area contributed by atoms with Gasteiger partial charge in [-0.3, -0.25) is 4.98 Å². The summed E-state index contributed by atoms with van der Waals surface area (Å²) in [4.78, 5) is 25.1. The zero-order valence-electron chi connectivity index (χ0n) is 16.8. The van der Waals surface area contributed by atoms with Crippen molar-refractivity contribution in [2.75, 3.05) is 22.9 Å². The van der Waals surface area contributed by atoms with Gasteiger partial charge in [0.1, 0.15) is 11.0 Å². The zero-order valence-corrected chi connectivity index (χ0v) is 18.4. The Morgan fingerprint density at radius 3 is 2.87 bits per heavy atom. The second kappa shape index (κ2) is 9.19. The first-order valence-corrected chi connectivity index (χ1v) is 11.8. The molecule has 0 bridgehead atoms. The second-order valence-electron chi connectivity index (χ2n) is 6.50. The summed E-state index contributed by atoms with van der Waals surface area (Å²) in [5.41, 5.74) is 4.41. The number of nitrogens with one attached hydrogen (secondary N) is 2. The topological polar surface area (TPSA) is 106 Å². The number of benzene rings is 1. The Balaban J connectivity index is 1.64. The van der Waals surface area contributed by atoms with Crippen LogP contribution in [0.3, 0.4) is 0 Å². The Labute approximate surface area is 185 Å². The van der Waals surface area contributed by atoms with E-state index in [1.807, 2.05) is 29.6 Å². The lowest BCUT2D eigenvalue weighted by molar-refractivity contribution is 0.0526. The molecule has 0 spiro atoms. The SMILES string of the molecule is CCOC(=O)c1cncc(Nc2ncc3scc(-c4cccc(NS(C)=O)c4)c3n2)c1. The first-order chi connectivity index (χ1) is 15.0. The minimum atomic E-state index is -1.15. The third-order valence-electron chi connectivity index (χ3n) is 4.25.